The van der Waals surface area contributed by atoms with Crippen LogP contribution in [0.15, 0.2) is 28.7 Å². The molecule has 0 amide bonds. The Morgan fingerprint density at radius 2 is 2.00 bits per heavy atom. The molecule has 1 aliphatic rings. The maximum atomic E-state index is 6.01. The fourth-order valence-electron chi connectivity index (χ4n) is 3.03. The highest BCUT2D eigenvalue weighted by Gasteiger charge is 2.26. The molecule has 2 rings (SSSR count). The van der Waals surface area contributed by atoms with Crippen molar-refractivity contribution >= 4 is 15.9 Å². The lowest BCUT2D eigenvalue weighted by atomic mass is 9.74. The fraction of sp³-hybridized carbons (Fsp3) is 0.600. The van der Waals surface area contributed by atoms with Gasteiger partial charge in [0.1, 0.15) is 0 Å². The van der Waals surface area contributed by atoms with Crippen molar-refractivity contribution in [2.45, 2.75) is 38.5 Å². The quantitative estimate of drug-likeness (QED) is 0.883. The van der Waals surface area contributed by atoms with Gasteiger partial charge < -0.3 is 5.73 Å². The molecule has 0 heterocycles. The molecule has 0 saturated heterocycles. The SMILES string of the molecule is CC1CCC(C(CN)c2cccc(Br)c2)CC1. The minimum absolute atomic E-state index is 0.542. The molecule has 17 heavy (non-hydrogen) atoms. The third-order valence-corrected chi connectivity index (χ3v) is 4.65. The molecular formula is C15H22BrN. The second-order valence-electron chi connectivity index (χ2n) is 5.42. The molecule has 0 spiro atoms. The molecule has 1 aliphatic carbocycles. The van der Waals surface area contributed by atoms with Crippen molar-refractivity contribution in [2.24, 2.45) is 17.6 Å². The first-order valence-corrected chi connectivity index (χ1v) is 7.45. The summed E-state index contributed by atoms with van der Waals surface area (Å²) in [6.45, 7) is 3.14. The highest BCUT2D eigenvalue weighted by molar-refractivity contribution is 9.10. The van der Waals surface area contributed by atoms with Crippen molar-refractivity contribution in [1.29, 1.82) is 0 Å². The lowest BCUT2D eigenvalue weighted by molar-refractivity contribution is 0.256. The van der Waals surface area contributed by atoms with Gasteiger partial charge >= 0.3 is 0 Å². The predicted molar refractivity (Wildman–Crippen MR) is 77.1 cm³/mol. The van der Waals surface area contributed by atoms with E-state index < -0.39 is 0 Å². The first kappa shape index (κ1) is 13.1. The van der Waals surface area contributed by atoms with Crippen molar-refractivity contribution in [2.75, 3.05) is 6.54 Å². The summed E-state index contributed by atoms with van der Waals surface area (Å²) in [4.78, 5) is 0. The number of halogens is 1. The van der Waals surface area contributed by atoms with E-state index in [4.69, 9.17) is 5.73 Å². The van der Waals surface area contributed by atoms with E-state index in [1.807, 2.05) is 0 Å². The van der Waals surface area contributed by atoms with Crippen LogP contribution >= 0.6 is 15.9 Å². The van der Waals surface area contributed by atoms with Crippen LogP contribution in [-0.2, 0) is 0 Å². The van der Waals surface area contributed by atoms with Crippen LogP contribution in [0.1, 0.15) is 44.1 Å². The van der Waals surface area contributed by atoms with Gasteiger partial charge in [0.15, 0.2) is 0 Å². The number of rotatable bonds is 3. The molecule has 1 atom stereocenters. The molecule has 0 bridgehead atoms. The summed E-state index contributed by atoms with van der Waals surface area (Å²) in [5.41, 5.74) is 7.41. The summed E-state index contributed by atoms with van der Waals surface area (Å²) in [5.74, 6) is 2.23. The summed E-state index contributed by atoms with van der Waals surface area (Å²) in [7, 11) is 0. The lowest BCUT2D eigenvalue weighted by Gasteiger charge is -2.32. The topological polar surface area (TPSA) is 26.0 Å². The van der Waals surface area contributed by atoms with E-state index in [-0.39, 0.29) is 0 Å². The van der Waals surface area contributed by atoms with Gasteiger partial charge in [-0.05, 0) is 54.8 Å². The summed E-state index contributed by atoms with van der Waals surface area (Å²) >= 11 is 3.55. The van der Waals surface area contributed by atoms with Gasteiger partial charge in [0.2, 0.25) is 0 Å². The van der Waals surface area contributed by atoms with Crippen LogP contribution in [0.3, 0.4) is 0 Å². The van der Waals surface area contributed by atoms with Gasteiger partial charge in [-0.1, -0.05) is 47.8 Å². The highest BCUT2D eigenvalue weighted by atomic mass is 79.9. The van der Waals surface area contributed by atoms with E-state index in [9.17, 15) is 0 Å². The largest absolute Gasteiger partial charge is 0.330 e. The average Bonchev–Trinajstić information content (AvgIpc) is 2.33. The normalized spacial score (nSPS) is 26.8. The van der Waals surface area contributed by atoms with Gasteiger partial charge in [0.05, 0.1) is 0 Å². The molecule has 1 nitrogen and oxygen atoms in total. The number of hydrogen-bond donors (Lipinski definition) is 1. The molecule has 1 unspecified atom stereocenters. The van der Waals surface area contributed by atoms with Crippen LogP contribution < -0.4 is 5.73 Å². The van der Waals surface area contributed by atoms with Crippen molar-refractivity contribution in [3.63, 3.8) is 0 Å². The summed E-state index contributed by atoms with van der Waals surface area (Å²) < 4.78 is 1.16. The summed E-state index contributed by atoms with van der Waals surface area (Å²) in [6.07, 6.45) is 5.43. The molecule has 1 fully saturated rings. The molecule has 2 heteroatoms. The van der Waals surface area contributed by atoms with Crippen molar-refractivity contribution in [1.82, 2.24) is 0 Å². The number of hydrogen-bond acceptors (Lipinski definition) is 1. The van der Waals surface area contributed by atoms with Gasteiger partial charge in [-0.15, -0.1) is 0 Å². The summed E-state index contributed by atoms with van der Waals surface area (Å²) in [5, 5.41) is 0. The molecular weight excluding hydrogens is 274 g/mol. The van der Waals surface area contributed by atoms with Gasteiger partial charge in [-0.2, -0.15) is 0 Å². The molecule has 94 valence electrons. The first-order chi connectivity index (χ1) is 8.20. The molecule has 1 saturated carbocycles. The van der Waals surface area contributed by atoms with Crippen molar-refractivity contribution in [3.8, 4) is 0 Å². The third kappa shape index (κ3) is 3.32. The predicted octanol–water partition coefficient (Wildman–Crippen LogP) is 4.32. The Hall–Kier alpha value is -0.340. The Morgan fingerprint density at radius 3 is 2.59 bits per heavy atom. The van der Waals surface area contributed by atoms with Crippen LogP contribution in [0.5, 0.6) is 0 Å². The maximum Gasteiger partial charge on any atom is 0.0178 e. The maximum absolute atomic E-state index is 6.01. The zero-order valence-corrected chi connectivity index (χ0v) is 12.1. The zero-order valence-electron chi connectivity index (χ0n) is 10.5. The molecule has 0 radical (unpaired) electrons. The standard InChI is InChI=1S/C15H22BrN/c1-11-5-7-12(8-6-11)15(10-17)13-3-2-4-14(16)9-13/h2-4,9,11-12,15H,5-8,10,17H2,1H3. The van der Waals surface area contributed by atoms with Gasteiger partial charge in [-0.25, -0.2) is 0 Å². The van der Waals surface area contributed by atoms with Gasteiger partial charge in [0, 0.05) is 4.47 Å². The summed E-state index contributed by atoms with van der Waals surface area (Å²) in [6, 6.07) is 8.66. The van der Waals surface area contributed by atoms with E-state index in [1.54, 1.807) is 0 Å². The van der Waals surface area contributed by atoms with Crippen LogP contribution in [0.4, 0.5) is 0 Å². The van der Waals surface area contributed by atoms with E-state index in [0.29, 0.717) is 5.92 Å². The van der Waals surface area contributed by atoms with Crippen LogP contribution in [0.25, 0.3) is 0 Å². The Kier molecular flexibility index (Phi) is 4.63. The van der Waals surface area contributed by atoms with Crippen LogP contribution in [-0.4, -0.2) is 6.54 Å². The molecule has 0 aromatic heterocycles. The van der Waals surface area contributed by atoms with Crippen LogP contribution in [0, 0.1) is 11.8 Å². The molecule has 1 aromatic rings. The minimum Gasteiger partial charge on any atom is -0.330 e. The molecule has 0 aliphatic heterocycles. The smallest absolute Gasteiger partial charge is 0.0178 e. The second kappa shape index (κ2) is 6.01. The Labute approximate surface area is 113 Å². The van der Waals surface area contributed by atoms with Crippen LogP contribution in [0.2, 0.25) is 0 Å². The van der Waals surface area contributed by atoms with E-state index >= 15 is 0 Å². The van der Waals surface area contributed by atoms with E-state index in [1.165, 1.54) is 31.2 Å². The van der Waals surface area contributed by atoms with E-state index in [2.05, 4.69) is 47.1 Å². The van der Waals surface area contributed by atoms with Gasteiger partial charge in [-0.3, -0.25) is 0 Å². The number of nitrogens with two attached hydrogens (primary N) is 1. The zero-order chi connectivity index (χ0) is 12.3. The third-order valence-electron chi connectivity index (χ3n) is 4.16. The van der Waals surface area contributed by atoms with E-state index in [0.717, 1.165) is 22.9 Å². The van der Waals surface area contributed by atoms with Crippen molar-refractivity contribution in [3.05, 3.63) is 34.3 Å². The number of benzene rings is 1. The minimum atomic E-state index is 0.542. The Bertz CT molecular complexity index is 356. The monoisotopic (exact) mass is 295 g/mol. The Balaban J connectivity index is 2.10. The fourth-order valence-corrected chi connectivity index (χ4v) is 3.44. The Morgan fingerprint density at radius 1 is 1.29 bits per heavy atom. The van der Waals surface area contributed by atoms with Crippen molar-refractivity contribution < 1.29 is 0 Å². The highest BCUT2D eigenvalue weighted by Crippen LogP contribution is 2.38. The van der Waals surface area contributed by atoms with Gasteiger partial charge in [0.25, 0.3) is 0 Å². The second-order valence-corrected chi connectivity index (χ2v) is 6.33. The lowest BCUT2D eigenvalue weighted by Crippen LogP contribution is -2.25. The first-order valence-electron chi connectivity index (χ1n) is 6.66. The average molecular weight is 296 g/mol. The molecule has 2 N–H and O–H groups in total. The molecule has 1 aromatic carbocycles.